The second-order valence-corrected chi connectivity index (χ2v) is 15.2. The summed E-state index contributed by atoms with van der Waals surface area (Å²) in [5, 5.41) is 2.58. The molecule has 0 unspecified atom stereocenters. The molecule has 8 aromatic rings. The van der Waals surface area contributed by atoms with Crippen LogP contribution in [-0.4, -0.2) is 4.57 Å². The Morgan fingerprint density at radius 2 is 1.29 bits per heavy atom. The van der Waals surface area contributed by atoms with Crippen LogP contribution in [0.2, 0.25) is 0 Å². The summed E-state index contributed by atoms with van der Waals surface area (Å²) in [6.45, 7) is 9.32. The van der Waals surface area contributed by atoms with Crippen molar-refractivity contribution in [1.29, 1.82) is 0 Å². The third kappa shape index (κ3) is 4.40. The third-order valence-electron chi connectivity index (χ3n) is 11.9. The molecular weight excluding hydrogens is 615 g/mol. The van der Waals surface area contributed by atoms with Crippen LogP contribution in [0.1, 0.15) is 60.6 Å². The van der Waals surface area contributed by atoms with Crippen LogP contribution in [-0.2, 0) is 18.3 Å². The lowest BCUT2D eigenvalue weighted by molar-refractivity contribution is 0.659. The van der Waals surface area contributed by atoms with E-state index in [0.29, 0.717) is 0 Å². The largest absolute Gasteiger partial charge is 0.309 e. The molecule has 0 spiro atoms. The quantitative estimate of drug-likeness (QED) is 0.174. The van der Waals surface area contributed by atoms with Gasteiger partial charge < -0.3 is 4.57 Å². The minimum atomic E-state index is -0.0966. The summed E-state index contributed by atoms with van der Waals surface area (Å²) in [5.74, 6) is 0. The van der Waals surface area contributed by atoms with Crippen LogP contribution in [0.5, 0.6) is 0 Å². The average Bonchev–Trinajstić information content (AvgIpc) is 3.77. The van der Waals surface area contributed by atoms with Crippen LogP contribution in [0.25, 0.3) is 72.0 Å². The van der Waals surface area contributed by atoms with E-state index >= 15 is 0 Å². The number of rotatable bonds is 5. The van der Waals surface area contributed by atoms with E-state index in [4.69, 9.17) is 0 Å². The van der Waals surface area contributed by atoms with Crippen LogP contribution in [0.3, 0.4) is 0 Å². The maximum Gasteiger partial charge on any atom is 0.0547 e. The standard InChI is InChI=1S/C50H41N/c1-5-12-32-19-20-33(27-43(32)37-15-8-6-13-31(37)2)34-21-23-41-40-17-10-11-18-47(40)51(48(41)29-34)36-22-24-42-46(30-36)50(3,4)45-26-25-39-38-16-9-7-14-35(38)28-44(39)49(42)45/h6-11,13-27,29-30H,5,12,28H2,1-4H3. The zero-order valence-electron chi connectivity index (χ0n) is 29.8. The predicted molar refractivity (Wildman–Crippen MR) is 216 cm³/mol. The first-order chi connectivity index (χ1) is 24.9. The Morgan fingerprint density at radius 3 is 2.16 bits per heavy atom. The minimum Gasteiger partial charge on any atom is -0.309 e. The summed E-state index contributed by atoms with van der Waals surface area (Å²) in [5.41, 5.74) is 23.0. The summed E-state index contributed by atoms with van der Waals surface area (Å²) in [6, 6.07) is 52.9. The van der Waals surface area contributed by atoms with Crippen LogP contribution < -0.4 is 0 Å². The van der Waals surface area contributed by atoms with Gasteiger partial charge in [-0.1, -0.05) is 136 Å². The lowest BCUT2D eigenvalue weighted by Crippen LogP contribution is -2.15. The van der Waals surface area contributed by atoms with Crippen molar-refractivity contribution < 1.29 is 0 Å². The van der Waals surface area contributed by atoms with Gasteiger partial charge in [-0.3, -0.25) is 0 Å². The Hall–Kier alpha value is -5.66. The van der Waals surface area contributed by atoms with Gasteiger partial charge in [0.15, 0.2) is 0 Å². The van der Waals surface area contributed by atoms with Crippen molar-refractivity contribution in [3.05, 3.63) is 173 Å². The zero-order chi connectivity index (χ0) is 34.4. The molecule has 2 aliphatic carbocycles. The van der Waals surface area contributed by atoms with Crippen molar-refractivity contribution in [2.75, 3.05) is 0 Å². The average molecular weight is 656 g/mol. The third-order valence-corrected chi connectivity index (χ3v) is 11.9. The first-order valence-electron chi connectivity index (χ1n) is 18.5. The van der Waals surface area contributed by atoms with Gasteiger partial charge in [-0.15, -0.1) is 0 Å². The number of nitrogens with zero attached hydrogens (tertiary/aromatic N) is 1. The molecule has 1 aromatic heterocycles. The molecule has 0 atom stereocenters. The van der Waals surface area contributed by atoms with Gasteiger partial charge in [0.1, 0.15) is 0 Å². The number of para-hydroxylation sites is 1. The fraction of sp³-hybridized carbons (Fsp3) is 0.160. The van der Waals surface area contributed by atoms with E-state index in [1.165, 1.54) is 105 Å². The number of aryl methyl sites for hydroxylation is 2. The fourth-order valence-corrected chi connectivity index (χ4v) is 9.39. The summed E-state index contributed by atoms with van der Waals surface area (Å²) in [7, 11) is 0. The highest BCUT2D eigenvalue weighted by Crippen LogP contribution is 2.54. The number of hydrogen-bond acceptors (Lipinski definition) is 0. The SMILES string of the molecule is CCCc1ccc(-c2ccc3c4ccccc4n(-c4ccc5c(c4)C(C)(C)c4ccc6c(c4-5)Cc4ccccc4-6)c3c2)cc1-c1ccccc1C. The Morgan fingerprint density at radius 1 is 0.569 bits per heavy atom. The van der Waals surface area contributed by atoms with Crippen molar-refractivity contribution in [1.82, 2.24) is 4.57 Å². The zero-order valence-corrected chi connectivity index (χ0v) is 29.8. The molecule has 0 fully saturated rings. The van der Waals surface area contributed by atoms with Gasteiger partial charge in [-0.05, 0) is 128 Å². The molecule has 0 bridgehead atoms. The van der Waals surface area contributed by atoms with Gasteiger partial charge in [0.2, 0.25) is 0 Å². The maximum absolute atomic E-state index is 2.50. The molecule has 10 rings (SSSR count). The minimum absolute atomic E-state index is 0.0966. The second-order valence-electron chi connectivity index (χ2n) is 15.2. The molecule has 7 aromatic carbocycles. The fourth-order valence-electron chi connectivity index (χ4n) is 9.39. The summed E-state index contributed by atoms with van der Waals surface area (Å²) < 4.78 is 2.50. The van der Waals surface area contributed by atoms with Gasteiger partial charge in [-0.25, -0.2) is 0 Å². The highest BCUT2D eigenvalue weighted by atomic mass is 15.0. The van der Waals surface area contributed by atoms with E-state index in [-0.39, 0.29) is 5.41 Å². The van der Waals surface area contributed by atoms with Gasteiger partial charge in [0, 0.05) is 21.9 Å². The Kier molecular flexibility index (Phi) is 6.61. The summed E-state index contributed by atoms with van der Waals surface area (Å²) >= 11 is 0. The highest BCUT2D eigenvalue weighted by molar-refractivity contribution is 6.10. The van der Waals surface area contributed by atoms with E-state index in [1.807, 2.05) is 0 Å². The number of benzene rings is 7. The van der Waals surface area contributed by atoms with E-state index in [9.17, 15) is 0 Å². The molecule has 0 saturated carbocycles. The predicted octanol–water partition coefficient (Wildman–Crippen LogP) is 13.3. The van der Waals surface area contributed by atoms with Gasteiger partial charge >= 0.3 is 0 Å². The number of hydrogen-bond donors (Lipinski definition) is 0. The van der Waals surface area contributed by atoms with Crippen molar-refractivity contribution >= 4 is 21.8 Å². The molecular formula is C50H41N. The second kappa shape index (κ2) is 11.2. The van der Waals surface area contributed by atoms with E-state index in [0.717, 1.165) is 19.3 Å². The first kappa shape index (κ1) is 30.2. The molecule has 0 saturated heterocycles. The van der Waals surface area contributed by atoms with Crippen molar-refractivity contribution in [3.63, 3.8) is 0 Å². The Bertz CT molecular complexity index is 2720. The molecule has 51 heavy (non-hydrogen) atoms. The van der Waals surface area contributed by atoms with Crippen LogP contribution in [0, 0.1) is 6.92 Å². The lowest BCUT2D eigenvalue weighted by atomic mass is 9.81. The number of fused-ring (bicyclic) bond motifs is 10. The molecule has 0 amide bonds. The molecule has 0 aliphatic heterocycles. The van der Waals surface area contributed by atoms with Crippen LogP contribution >= 0.6 is 0 Å². The van der Waals surface area contributed by atoms with E-state index in [2.05, 4.69) is 172 Å². The Labute approximate surface area is 300 Å². The topological polar surface area (TPSA) is 4.93 Å². The highest BCUT2D eigenvalue weighted by Gasteiger charge is 2.39. The van der Waals surface area contributed by atoms with E-state index < -0.39 is 0 Å². The van der Waals surface area contributed by atoms with Crippen molar-refractivity contribution in [2.24, 2.45) is 0 Å². The maximum atomic E-state index is 2.50. The summed E-state index contributed by atoms with van der Waals surface area (Å²) in [6.07, 6.45) is 3.21. The van der Waals surface area contributed by atoms with Crippen LogP contribution in [0.4, 0.5) is 0 Å². The molecule has 246 valence electrons. The van der Waals surface area contributed by atoms with Gasteiger partial charge in [0.25, 0.3) is 0 Å². The number of aromatic nitrogens is 1. The van der Waals surface area contributed by atoms with Gasteiger partial charge in [0.05, 0.1) is 11.0 Å². The molecule has 0 radical (unpaired) electrons. The van der Waals surface area contributed by atoms with Crippen molar-refractivity contribution in [3.8, 4) is 50.2 Å². The van der Waals surface area contributed by atoms with E-state index in [1.54, 1.807) is 0 Å². The molecule has 0 N–H and O–H groups in total. The monoisotopic (exact) mass is 655 g/mol. The Balaban J connectivity index is 1.15. The van der Waals surface area contributed by atoms with Crippen LogP contribution in [0.15, 0.2) is 140 Å². The molecule has 1 heterocycles. The smallest absolute Gasteiger partial charge is 0.0547 e. The van der Waals surface area contributed by atoms with Crippen molar-refractivity contribution in [2.45, 2.75) is 52.4 Å². The molecule has 2 aliphatic rings. The first-order valence-corrected chi connectivity index (χ1v) is 18.5. The molecule has 1 nitrogen and oxygen atoms in total. The molecule has 1 heteroatoms. The normalized spacial score (nSPS) is 13.7. The lowest BCUT2D eigenvalue weighted by Gasteiger charge is -2.22. The van der Waals surface area contributed by atoms with Gasteiger partial charge in [-0.2, -0.15) is 0 Å². The summed E-state index contributed by atoms with van der Waals surface area (Å²) in [4.78, 5) is 0.